The third kappa shape index (κ3) is 3.81. The number of sulfonamides is 1. The Kier molecular flexibility index (Phi) is 4.93. The quantitative estimate of drug-likeness (QED) is 0.475. The van der Waals surface area contributed by atoms with Crippen LogP contribution in [0.5, 0.6) is 0 Å². The minimum atomic E-state index is -4.36. The van der Waals surface area contributed by atoms with Gasteiger partial charge in [-0.05, 0) is 17.7 Å². The number of nitro groups is 1. The molecule has 0 spiro atoms. The van der Waals surface area contributed by atoms with Crippen LogP contribution in [0.15, 0.2) is 65.6 Å². The van der Waals surface area contributed by atoms with E-state index in [1.807, 2.05) is 0 Å². The minimum absolute atomic E-state index is 0.149. The first-order valence-electron chi connectivity index (χ1n) is 7.48. The van der Waals surface area contributed by atoms with Crippen molar-refractivity contribution in [2.24, 2.45) is 0 Å². The highest BCUT2D eigenvalue weighted by Gasteiger charge is 2.28. The van der Waals surface area contributed by atoms with E-state index in [1.165, 1.54) is 18.2 Å². The highest BCUT2D eigenvalue weighted by Crippen LogP contribution is 2.36. The number of rotatable bonds is 6. The summed E-state index contributed by atoms with van der Waals surface area (Å²) < 4.78 is 27.5. The van der Waals surface area contributed by atoms with Gasteiger partial charge in [0.25, 0.3) is 15.7 Å². The van der Waals surface area contributed by atoms with Crippen LogP contribution in [0.2, 0.25) is 0 Å². The highest BCUT2D eigenvalue weighted by atomic mass is 32.2. The molecule has 0 fully saturated rings. The van der Waals surface area contributed by atoms with E-state index in [0.29, 0.717) is 4.88 Å². The number of anilines is 1. The lowest BCUT2D eigenvalue weighted by molar-refractivity contribution is -0.387. The Morgan fingerprint density at radius 2 is 1.70 bits per heavy atom. The van der Waals surface area contributed by atoms with E-state index in [-0.39, 0.29) is 10.6 Å². The predicted molar refractivity (Wildman–Crippen MR) is 101 cm³/mol. The van der Waals surface area contributed by atoms with Gasteiger partial charge in [0.15, 0.2) is 4.90 Å². The smallest absolute Gasteiger partial charge is 0.348 e. The van der Waals surface area contributed by atoms with Gasteiger partial charge in [0.2, 0.25) is 0 Å². The van der Waals surface area contributed by atoms with Crippen LogP contribution < -0.4 is 4.72 Å². The molecular formula is C17H12N2O6S2. The number of nitro benzene ring substituents is 1. The third-order valence-corrected chi connectivity index (χ3v) is 6.17. The van der Waals surface area contributed by atoms with Crippen molar-refractivity contribution in [2.75, 3.05) is 4.72 Å². The highest BCUT2D eigenvalue weighted by molar-refractivity contribution is 7.92. The molecule has 0 bridgehead atoms. The van der Waals surface area contributed by atoms with Crippen molar-refractivity contribution in [3.05, 3.63) is 75.7 Å². The van der Waals surface area contributed by atoms with E-state index in [2.05, 4.69) is 4.72 Å². The number of aromatic carboxylic acids is 1. The molecule has 0 amide bonds. The van der Waals surface area contributed by atoms with Gasteiger partial charge in [0, 0.05) is 10.9 Å². The maximum absolute atomic E-state index is 12.6. The second-order valence-corrected chi connectivity index (χ2v) is 8.06. The zero-order valence-corrected chi connectivity index (χ0v) is 15.2. The molecule has 0 aliphatic rings. The van der Waals surface area contributed by atoms with Crippen LogP contribution in [0.4, 0.5) is 11.4 Å². The van der Waals surface area contributed by atoms with Crippen LogP contribution in [0, 0.1) is 10.1 Å². The van der Waals surface area contributed by atoms with Gasteiger partial charge >= 0.3 is 5.97 Å². The first kappa shape index (κ1) is 18.5. The number of nitrogens with zero attached hydrogens (tertiary/aromatic N) is 1. The van der Waals surface area contributed by atoms with Gasteiger partial charge in [-0.25, -0.2) is 13.2 Å². The molecule has 0 aliphatic carbocycles. The molecule has 1 heterocycles. The Balaban J connectivity index is 2.06. The zero-order chi connectivity index (χ0) is 19.6. The maximum atomic E-state index is 12.6. The number of carbonyl (C=O) groups is 1. The van der Waals surface area contributed by atoms with Crippen LogP contribution in [0.3, 0.4) is 0 Å². The Morgan fingerprint density at radius 3 is 2.33 bits per heavy atom. The molecule has 0 saturated heterocycles. The number of benzene rings is 2. The molecule has 3 aromatic rings. The molecular weight excluding hydrogens is 392 g/mol. The number of carboxylic acids is 1. The van der Waals surface area contributed by atoms with E-state index >= 15 is 0 Å². The molecule has 0 radical (unpaired) electrons. The fourth-order valence-corrected chi connectivity index (χ4v) is 4.66. The summed E-state index contributed by atoms with van der Waals surface area (Å²) in [5, 5.41) is 20.5. The Hall–Kier alpha value is -3.24. The normalized spacial score (nSPS) is 11.1. The molecule has 10 heteroatoms. The molecule has 138 valence electrons. The van der Waals surface area contributed by atoms with Crippen LogP contribution in [0.25, 0.3) is 10.4 Å². The zero-order valence-electron chi connectivity index (χ0n) is 13.5. The van der Waals surface area contributed by atoms with E-state index in [4.69, 9.17) is 0 Å². The van der Waals surface area contributed by atoms with Crippen LogP contribution in [-0.4, -0.2) is 24.4 Å². The first-order chi connectivity index (χ1) is 12.8. The topological polar surface area (TPSA) is 127 Å². The maximum Gasteiger partial charge on any atom is 0.348 e. The fourth-order valence-electron chi connectivity index (χ4n) is 2.41. The van der Waals surface area contributed by atoms with Crippen LogP contribution in [0.1, 0.15) is 9.67 Å². The average Bonchev–Trinajstić information content (AvgIpc) is 3.06. The van der Waals surface area contributed by atoms with Gasteiger partial charge in [-0.15, -0.1) is 11.3 Å². The van der Waals surface area contributed by atoms with Crippen LogP contribution in [-0.2, 0) is 10.0 Å². The Morgan fingerprint density at radius 1 is 1.07 bits per heavy atom. The summed E-state index contributed by atoms with van der Waals surface area (Å²) in [7, 11) is -4.36. The van der Waals surface area contributed by atoms with Crippen molar-refractivity contribution in [2.45, 2.75) is 4.90 Å². The van der Waals surface area contributed by atoms with Crippen molar-refractivity contribution in [3.63, 3.8) is 0 Å². The van der Waals surface area contributed by atoms with Gasteiger partial charge in [-0.1, -0.05) is 42.5 Å². The van der Waals surface area contributed by atoms with Crippen LogP contribution >= 0.6 is 11.3 Å². The molecule has 2 aromatic carbocycles. The number of carboxylic acid groups (broad SMARTS) is 1. The standard InChI is InChI=1S/C17H12N2O6S2/c20-17(21)16-12(10-14(26-16)11-6-2-1-3-7-11)18-27(24,25)15-9-5-4-8-13(15)19(22)23/h1-10,18H,(H,20,21). The van der Waals surface area contributed by atoms with Crippen molar-refractivity contribution in [1.82, 2.24) is 0 Å². The lowest BCUT2D eigenvalue weighted by Gasteiger charge is -2.07. The molecule has 0 atom stereocenters. The monoisotopic (exact) mass is 404 g/mol. The van der Waals surface area contributed by atoms with Gasteiger partial charge in [-0.3, -0.25) is 14.8 Å². The predicted octanol–water partition coefficient (Wildman–Crippen LogP) is 3.82. The summed E-state index contributed by atoms with van der Waals surface area (Å²) in [4.78, 5) is 21.6. The second-order valence-electron chi connectivity index (χ2n) is 5.35. The summed E-state index contributed by atoms with van der Waals surface area (Å²) >= 11 is 0.907. The van der Waals surface area contributed by atoms with Gasteiger partial charge in [0.05, 0.1) is 10.6 Å². The van der Waals surface area contributed by atoms with E-state index in [1.54, 1.807) is 30.3 Å². The first-order valence-corrected chi connectivity index (χ1v) is 9.78. The molecule has 0 aliphatic heterocycles. The van der Waals surface area contributed by atoms with Crippen molar-refractivity contribution < 1.29 is 23.2 Å². The Bertz CT molecular complexity index is 1120. The van der Waals surface area contributed by atoms with Gasteiger partial charge in [0.1, 0.15) is 4.88 Å². The van der Waals surface area contributed by atoms with Gasteiger partial charge in [-0.2, -0.15) is 0 Å². The minimum Gasteiger partial charge on any atom is -0.477 e. The fraction of sp³-hybridized carbons (Fsp3) is 0. The van der Waals surface area contributed by atoms with E-state index in [9.17, 15) is 28.4 Å². The Labute approximate surface area is 157 Å². The number of thiophene rings is 1. The largest absolute Gasteiger partial charge is 0.477 e. The summed E-state index contributed by atoms with van der Waals surface area (Å²) in [5.41, 5.74) is -0.0222. The third-order valence-electron chi connectivity index (χ3n) is 3.58. The SMILES string of the molecule is O=C(O)c1sc(-c2ccccc2)cc1NS(=O)(=O)c1ccccc1[N+](=O)[O-]. The number of para-hydroxylation sites is 1. The summed E-state index contributed by atoms with van der Waals surface area (Å²) in [6, 6.07) is 15.1. The average molecular weight is 404 g/mol. The molecule has 1 aromatic heterocycles. The summed E-state index contributed by atoms with van der Waals surface area (Å²) in [5.74, 6) is -1.30. The molecule has 2 N–H and O–H groups in total. The van der Waals surface area contributed by atoms with Crippen molar-refractivity contribution >= 4 is 38.7 Å². The van der Waals surface area contributed by atoms with E-state index < -0.39 is 31.5 Å². The number of nitrogens with one attached hydrogen (secondary N) is 1. The number of hydrogen-bond acceptors (Lipinski definition) is 6. The number of hydrogen-bond donors (Lipinski definition) is 2. The molecule has 27 heavy (non-hydrogen) atoms. The molecule has 0 unspecified atom stereocenters. The van der Waals surface area contributed by atoms with Crippen molar-refractivity contribution in [1.29, 1.82) is 0 Å². The summed E-state index contributed by atoms with van der Waals surface area (Å²) in [6.07, 6.45) is 0. The molecule has 0 saturated carbocycles. The van der Waals surface area contributed by atoms with Gasteiger partial charge < -0.3 is 5.11 Å². The lowest BCUT2D eigenvalue weighted by Crippen LogP contribution is -2.15. The van der Waals surface area contributed by atoms with Crippen molar-refractivity contribution in [3.8, 4) is 10.4 Å². The van der Waals surface area contributed by atoms with E-state index in [0.717, 1.165) is 29.0 Å². The molecule has 3 rings (SSSR count). The lowest BCUT2D eigenvalue weighted by atomic mass is 10.2. The second kappa shape index (κ2) is 7.17. The summed E-state index contributed by atoms with van der Waals surface area (Å²) in [6.45, 7) is 0. The molecule has 8 nitrogen and oxygen atoms in total.